The van der Waals surface area contributed by atoms with Gasteiger partial charge in [-0.25, -0.2) is 0 Å². The first-order chi connectivity index (χ1) is 7.24. The smallest absolute Gasteiger partial charge is 0.268 e. The zero-order valence-corrected chi connectivity index (χ0v) is 9.77. The van der Waals surface area contributed by atoms with Crippen molar-refractivity contribution in [2.24, 2.45) is 0 Å². The van der Waals surface area contributed by atoms with Gasteiger partial charge in [0.25, 0.3) is 5.91 Å². The van der Waals surface area contributed by atoms with Crippen LogP contribution in [0.5, 0.6) is 0 Å². The molecule has 0 N–H and O–H groups in total. The molecule has 15 heavy (non-hydrogen) atoms. The number of thiocarbonyl (C=S) groups is 1. The summed E-state index contributed by atoms with van der Waals surface area (Å²) in [5, 5.41) is 0. The van der Waals surface area contributed by atoms with Crippen LogP contribution in [0.1, 0.15) is 6.92 Å². The van der Waals surface area contributed by atoms with Crippen LogP contribution in [0.3, 0.4) is 0 Å². The van der Waals surface area contributed by atoms with Crippen molar-refractivity contribution in [3.63, 3.8) is 0 Å². The lowest BCUT2D eigenvalue weighted by molar-refractivity contribution is -0.113. The van der Waals surface area contributed by atoms with Crippen molar-refractivity contribution in [2.75, 3.05) is 4.90 Å². The highest BCUT2D eigenvalue weighted by Gasteiger charge is 2.32. The van der Waals surface area contributed by atoms with E-state index in [2.05, 4.69) is 0 Å². The largest absolute Gasteiger partial charge is 0.270 e. The highest BCUT2D eigenvalue weighted by Crippen LogP contribution is 2.34. The first kappa shape index (κ1) is 10.4. The fraction of sp³-hybridized carbons (Fsp3) is 0.0909. The Morgan fingerprint density at radius 1 is 1.33 bits per heavy atom. The van der Waals surface area contributed by atoms with E-state index >= 15 is 0 Å². The van der Waals surface area contributed by atoms with E-state index in [4.69, 9.17) is 12.2 Å². The second kappa shape index (κ2) is 4.16. The van der Waals surface area contributed by atoms with Crippen molar-refractivity contribution in [3.05, 3.63) is 41.3 Å². The van der Waals surface area contributed by atoms with Gasteiger partial charge in [0.2, 0.25) is 0 Å². The van der Waals surface area contributed by atoms with E-state index in [0.29, 0.717) is 9.23 Å². The second-order valence-corrected chi connectivity index (χ2v) is 4.67. The van der Waals surface area contributed by atoms with Gasteiger partial charge in [-0.3, -0.25) is 9.69 Å². The summed E-state index contributed by atoms with van der Waals surface area (Å²) in [5.74, 6) is -0.0290. The minimum absolute atomic E-state index is 0.0290. The minimum Gasteiger partial charge on any atom is -0.268 e. The number of benzene rings is 1. The summed E-state index contributed by atoms with van der Waals surface area (Å²) in [7, 11) is 0. The van der Waals surface area contributed by atoms with Crippen molar-refractivity contribution in [3.8, 4) is 0 Å². The summed E-state index contributed by atoms with van der Waals surface area (Å²) >= 11 is 6.52. The Labute approximate surface area is 98.0 Å². The maximum atomic E-state index is 11.9. The summed E-state index contributed by atoms with van der Waals surface area (Å²) < 4.78 is 0.597. The van der Waals surface area contributed by atoms with Crippen LogP contribution in [-0.4, -0.2) is 10.2 Å². The molecule has 1 aliphatic heterocycles. The number of hydrogen-bond acceptors (Lipinski definition) is 3. The number of amides is 1. The Balaban J connectivity index is 2.40. The lowest BCUT2D eigenvalue weighted by Crippen LogP contribution is -2.27. The third-order valence-corrected chi connectivity index (χ3v) is 3.49. The van der Waals surface area contributed by atoms with Gasteiger partial charge in [0.05, 0.1) is 10.6 Å². The van der Waals surface area contributed by atoms with Crippen LogP contribution in [0.4, 0.5) is 5.69 Å². The van der Waals surface area contributed by atoms with Crippen molar-refractivity contribution in [1.29, 1.82) is 0 Å². The van der Waals surface area contributed by atoms with E-state index < -0.39 is 0 Å². The molecule has 1 aliphatic rings. The molecule has 2 nitrogen and oxygen atoms in total. The molecule has 0 unspecified atom stereocenters. The predicted octanol–water partition coefficient (Wildman–Crippen LogP) is 2.96. The minimum atomic E-state index is -0.0290. The fourth-order valence-corrected chi connectivity index (χ4v) is 2.58. The van der Waals surface area contributed by atoms with E-state index in [1.165, 1.54) is 11.8 Å². The molecule has 0 radical (unpaired) electrons. The van der Waals surface area contributed by atoms with Crippen molar-refractivity contribution in [2.45, 2.75) is 6.92 Å². The molecule has 0 aliphatic carbocycles. The van der Waals surface area contributed by atoms with E-state index in [-0.39, 0.29) is 5.91 Å². The number of nitrogens with zero attached hydrogens (tertiary/aromatic N) is 1. The third kappa shape index (κ3) is 1.82. The summed E-state index contributed by atoms with van der Waals surface area (Å²) in [6, 6.07) is 9.45. The van der Waals surface area contributed by atoms with Crippen LogP contribution in [0.25, 0.3) is 0 Å². The number of thioether (sulfide) groups is 1. The molecular formula is C11H9NOS2. The Kier molecular flexibility index (Phi) is 2.88. The average molecular weight is 235 g/mol. The van der Waals surface area contributed by atoms with Gasteiger partial charge in [-0.05, 0) is 19.1 Å². The average Bonchev–Trinajstić information content (AvgIpc) is 2.55. The molecule has 1 aromatic rings. The maximum Gasteiger partial charge on any atom is 0.270 e. The molecule has 1 saturated heterocycles. The monoisotopic (exact) mass is 235 g/mol. The van der Waals surface area contributed by atoms with Crippen LogP contribution < -0.4 is 4.90 Å². The van der Waals surface area contributed by atoms with Gasteiger partial charge in [-0.1, -0.05) is 48.3 Å². The highest BCUT2D eigenvalue weighted by atomic mass is 32.2. The zero-order chi connectivity index (χ0) is 10.8. The van der Waals surface area contributed by atoms with E-state index in [1.54, 1.807) is 11.0 Å². The number of rotatable bonds is 1. The molecule has 76 valence electrons. The second-order valence-electron chi connectivity index (χ2n) is 3.00. The molecule has 1 aromatic carbocycles. The maximum absolute atomic E-state index is 11.9. The third-order valence-electron chi connectivity index (χ3n) is 2.07. The van der Waals surface area contributed by atoms with Crippen LogP contribution in [0, 0.1) is 0 Å². The number of hydrogen-bond donors (Lipinski definition) is 0. The van der Waals surface area contributed by atoms with Crippen molar-refractivity contribution >= 4 is 39.9 Å². The van der Waals surface area contributed by atoms with Crippen LogP contribution in [0.15, 0.2) is 41.3 Å². The highest BCUT2D eigenvalue weighted by molar-refractivity contribution is 8.27. The standard InChI is InChI=1S/C11H9NOS2/c1-2-9-10(13)12(11(14)15-9)8-6-4-3-5-7-8/h2-7H,1H3. The predicted molar refractivity (Wildman–Crippen MR) is 67.9 cm³/mol. The first-order valence-electron chi connectivity index (χ1n) is 4.51. The number of anilines is 1. The van der Waals surface area contributed by atoms with E-state index in [9.17, 15) is 4.79 Å². The van der Waals surface area contributed by atoms with Gasteiger partial charge in [-0.2, -0.15) is 0 Å². The molecule has 4 heteroatoms. The van der Waals surface area contributed by atoms with Gasteiger partial charge in [0.15, 0.2) is 4.32 Å². The number of carbonyl (C=O) groups is 1. The Hall–Kier alpha value is -1.13. The van der Waals surface area contributed by atoms with Gasteiger partial charge in [0.1, 0.15) is 0 Å². The molecule has 0 spiro atoms. The summed E-state index contributed by atoms with van der Waals surface area (Å²) in [4.78, 5) is 14.2. The van der Waals surface area contributed by atoms with Gasteiger partial charge >= 0.3 is 0 Å². The van der Waals surface area contributed by atoms with E-state index in [0.717, 1.165) is 5.69 Å². The topological polar surface area (TPSA) is 20.3 Å². The quantitative estimate of drug-likeness (QED) is 0.551. The van der Waals surface area contributed by atoms with E-state index in [1.807, 2.05) is 37.3 Å². The van der Waals surface area contributed by atoms with Gasteiger partial charge in [-0.15, -0.1) is 0 Å². The molecule has 1 amide bonds. The summed E-state index contributed by atoms with van der Waals surface area (Å²) in [5.41, 5.74) is 0.830. The van der Waals surface area contributed by atoms with Gasteiger partial charge < -0.3 is 0 Å². The first-order valence-corrected chi connectivity index (χ1v) is 5.74. The van der Waals surface area contributed by atoms with Crippen molar-refractivity contribution in [1.82, 2.24) is 0 Å². The molecule has 0 aromatic heterocycles. The van der Waals surface area contributed by atoms with Crippen molar-refractivity contribution < 1.29 is 4.79 Å². The number of para-hydroxylation sites is 1. The fourth-order valence-electron chi connectivity index (χ4n) is 1.36. The van der Waals surface area contributed by atoms with Gasteiger partial charge in [0, 0.05) is 0 Å². The summed E-state index contributed by atoms with van der Waals surface area (Å²) in [6.07, 6.45) is 1.79. The molecular weight excluding hydrogens is 226 g/mol. The molecule has 1 heterocycles. The number of allylic oxidation sites excluding steroid dienone is 1. The molecule has 0 saturated carbocycles. The molecule has 0 bridgehead atoms. The normalized spacial score (nSPS) is 19.0. The van der Waals surface area contributed by atoms with Crippen LogP contribution >= 0.6 is 24.0 Å². The SMILES string of the molecule is CC=C1SC(=S)N(c2ccccc2)C1=O. The Bertz CT molecular complexity index is 439. The lowest BCUT2D eigenvalue weighted by Gasteiger charge is -2.13. The Morgan fingerprint density at radius 3 is 2.53 bits per heavy atom. The summed E-state index contributed by atoms with van der Waals surface area (Å²) in [6.45, 7) is 1.84. The van der Waals surface area contributed by atoms with Crippen LogP contribution in [-0.2, 0) is 4.79 Å². The zero-order valence-electron chi connectivity index (χ0n) is 8.14. The number of carbonyl (C=O) groups excluding carboxylic acids is 1. The lowest BCUT2D eigenvalue weighted by atomic mass is 10.3. The molecule has 1 fully saturated rings. The molecule has 2 rings (SSSR count). The van der Waals surface area contributed by atoms with Crippen LogP contribution in [0.2, 0.25) is 0 Å². The molecule has 0 atom stereocenters. The Morgan fingerprint density at radius 2 is 2.00 bits per heavy atom.